The number of anilines is 1. The summed E-state index contributed by atoms with van der Waals surface area (Å²) >= 11 is 6.06. The molecule has 0 radical (unpaired) electrons. The number of rotatable bonds is 3. The highest BCUT2D eigenvalue weighted by Crippen LogP contribution is 2.31. The monoisotopic (exact) mass is 330 g/mol. The molecule has 0 unspecified atom stereocenters. The highest BCUT2D eigenvalue weighted by Gasteiger charge is 2.19. The Balaban J connectivity index is 1.95. The lowest BCUT2D eigenvalue weighted by Gasteiger charge is -2.03. The minimum absolute atomic E-state index is 0.104. The molecule has 7 heteroatoms. The largest absolute Gasteiger partial charge is 0.449 e. The standard InChI is InChI=1S/C16H11ClN2O4/c1-9-12-6-3-7-13(17)15(12)23-14(9)16(20)18-10-4-2-5-11(8-10)19(21)22/h2-8H,1H3,(H,18,20). The fraction of sp³-hybridized carbons (Fsp3) is 0.0625. The van der Waals surface area contributed by atoms with Crippen molar-refractivity contribution in [2.45, 2.75) is 6.92 Å². The van der Waals surface area contributed by atoms with Crippen LogP contribution in [0.4, 0.5) is 11.4 Å². The maximum absolute atomic E-state index is 12.4. The molecule has 1 N–H and O–H groups in total. The Bertz CT molecular complexity index is 933. The second-order valence-electron chi connectivity index (χ2n) is 4.93. The Morgan fingerprint density at radius 1 is 1.26 bits per heavy atom. The Labute approximate surface area is 135 Å². The van der Waals surface area contributed by atoms with Gasteiger partial charge in [0.25, 0.3) is 11.6 Å². The smallest absolute Gasteiger partial charge is 0.291 e. The molecule has 1 amide bonds. The Hall–Kier alpha value is -2.86. The number of halogens is 1. The van der Waals surface area contributed by atoms with Crippen molar-refractivity contribution in [1.82, 2.24) is 0 Å². The lowest BCUT2D eigenvalue weighted by Crippen LogP contribution is -2.12. The van der Waals surface area contributed by atoms with Gasteiger partial charge in [-0.25, -0.2) is 0 Å². The van der Waals surface area contributed by atoms with E-state index in [0.717, 1.165) is 5.39 Å². The van der Waals surface area contributed by atoms with Crippen LogP contribution in [0.5, 0.6) is 0 Å². The van der Waals surface area contributed by atoms with Crippen LogP contribution in [0.3, 0.4) is 0 Å². The minimum Gasteiger partial charge on any atom is -0.449 e. The number of furan rings is 1. The number of fused-ring (bicyclic) bond motifs is 1. The molecular formula is C16H11ClN2O4. The molecule has 0 atom stereocenters. The molecule has 1 aromatic heterocycles. The minimum atomic E-state index is -0.526. The number of carbonyl (C=O) groups excluding carboxylic acids is 1. The number of aryl methyl sites for hydroxylation is 1. The number of nitro benzene ring substituents is 1. The Morgan fingerprint density at radius 3 is 2.70 bits per heavy atom. The van der Waals surface area contributed by atoms with Crippen molar-refractivity contribution < 1.29 is 14.1 Å². The van der Waals surface area contributed by atoms with Crippen molar-refractivity contribution >= 4 is 39.9 Å². The summed E-state index contributed by atoms with van der Waals surface area (Å²) in [4.78, 5) is 22.6. The highest BCUT2D eigenvalue weighted by atomic mass is 35.5. The molecule has 0 saturated heterocycles. The predicted molar refractivity (Wildman–Crippen MR) is 87.0 cm³/mol. The van der Waals surface area contributed by atoms with E-state index >= 15 is 0 Å². The van der Waals surface area contributed by atoms with Crippen LogP contribution in [0.15, 0.2) is 46.9 Å². The molecule has 0 aliphatic rings. The van der Waals surface area contributed by atoms with Gasteiger partial charge < -0.3 is 9.73 Å². The molecule has 6 nitrogen and oxygen atoms in total. The summed E-state index contributed by atoms with van der Waals surface area (Å²) in [6, 6.07) is 10.9. The number of para-hydroxylation sites is 1. The zero-order valence-corrected chi connectivity index (χ0v) is 12.8. The van der Waals surface area contributed by atoms with Crippen molar-refractivity contribution in [3.8, 4) is 0 Å². The SMILES string of the molecule is Cc1c(C(=O)Nc2cccc([N+](=O)[O-])c2)oc2c(Cl)cccc12. The quantitative estimate of drug-likeness (QED) is 0.563. The first kappa shape index (κ1) is 15.1. The first-order chi connectivity index (χ1) is 11.0. The van der Waals surface area contributed by atoms with E-state index < -0.39 is 10.8 Å². The molecule has 116 valence electrons. The number of amides is 1. The van der Waals surface area contributed by atoms with E-state index in [0.29, 0.717) is 21.9 Å². The summed E-state index contributed by atoms with van der Waals surface area (Å²) in [6.45, 7) is 1.75. The summed E-state index contributed by atoms with van der Waals surface area (Å²) in [5.41, 5.74) is 1.31. The number of nitro groups is 1. The van der Waals surface area contributed by atoms with E-state index in [1.165, 1.54) is 18.2 Å². The molecule has 2 aromatic carbocycles. The van der Waals surface area contributed by atoms with Crippen LogP contribution in [0.2, 0.25) is 5.02 Å². The molecule has 0 fully saturated rings. The zero-order chi connectivity index (χ0) is 16.6. The maximum Gasteiger partial charge on any atom is 0.291 e. The topological polar surface area (TPSA) is 85.4 Å². The average molecular weight is 331 g/mol. The van der Waals surface area contributed by atoms with Gasteiger partial charge in [-0.05, 0) is 19.1 Å². The van der Waals surface area contributed by atoms with E-state index in [-0.39, 0.29) is 11.4 Å². The van der Waals surface area contributed by atoms with E-state index in [2.05, 4.69) is 5.32 Å². The highest BCUT2D eigenvalue weighted by molar-refractivity contribution is 6.35. The van der Waals surface area contributed by atoms with Crippen LogP contribution in [0.1, 0.15) is 16.1 Å². The first-order valence-electron chi connectivity index (χ1n) is 6.71. The third kappa shape index (κ3) is 2.76. The molecule has 0 aliphatic carbocycles. The van der Waals surface area contributed by atoms with E-state index in [1.54, 1.807) is 25.1 Å². The molecule has 3 aromatic rings. The number of nitrogens with zero attached hydrogens (tertiary/aromatic N) is 1. The van der Waals surface area contributed by atoms with E-state index in [9.17, 15) is 14.9 Å². The van der Waals surface area contributed by atoms with Gasteiger partial charge in [0.05, 0.1) is 9.95 Å². The van der Waals surface area contributed by atoms with Crippen molar-refractivity contribution in [2.24, 2.45) is 0 Å². The number of hydrogen-bond donors (Lipinski definition) is 1. The van der Waals surface area contributed by atoms with Crippen molar-refractivity contribution in [3.63, 3.8) is 0 Å². The summed E-state index contributed by atoms with van der Waals surface area (Å²) in [5.74, 6) is -0.366. The fourth-order valence-corrected chi connectivity index (χ4v) is 2.52. The Kier molecular flexibility index (Phi) is 3.75. The molecule has 23 heavy (non-hydrogen) atoms. The third-order valence-electron chi connectivity index (χ3n) is 3.44. The average Bonchev–Trinajstić information content (AvgIpc) is 2.86. The molecule has 3 rings (SSSR count). The molecule has 1 heterocycles. The van der Waals surface area contributed by atoms with Gasteiger partial charge in [-0.1, -0.05) is 29.8 Å². The lowest BCUT2D eigenvalue weighted by molar-refractivity contribution is -0.384. The Morgan fingerprint density at radius 2 is 2.00 bits per heavy atom. The van der Waals surface area contributed by atoms with Crippen molar-refractivity contribution in [2.75, 3.05) is 5.32 Å². The van der Waals surface area contributed by atoms with Gasteiger partial charge >= 0.3 is 0 Å². The molecule has 0 bridgehead atoms. The number of carbonyl (C=O) groups is 1. The molecule has 0 spiro atoms. The number of hydrogen-bond acceptors (Lipinski definition) is 4. The van der Waals surface area contributed by atoms with Crippen molar-refractivity contribution in [3.05, 3.63) is 68.9 Å². The fourth-order valence-electron chi connectivity index (χ4n) is 2.31. The summed E-state index contributed by atoms with van der Waals surface area (Å²) in [6.07, 6.45) is 0. The third-order valence-corrected chi connectivity index (χ3v) is 3.73. The summed E-state index contributed by atoms with van der Waals surface area (Å²) < 4.78 is 5.56. The number of benzene rings is 2. The first-order valence-corrected chi connectivity index (χ1v) is 7.08. The predicted octanol–water partition coefficient (Wildman–Crippen LogP) is 4.56. The molecule has 0 saturated carbocycles. The van der Waals surface area contributed by atoms with Gasteiger partial charge in [-0.3, -0.25) is 14.9 Å². The summed E-state index contributed by atoms with van der Waals surface area (Å²) in [5, 5.41) is 14.5. The second kappa shape index (κ2) is 5.73. The van der Waals surface area contributed by atoms with E-state index in [1.807, 2.05) is 6.07 Å². The second-order valence-corrected chi connectivity index (χ2v) is 5.34. The van der Waals surface area contributed by atoms with E-state index in [4.69, 9.17) is 16.0 Å². The van der Waals surface area contributed by atoms with Gasteiger partial charge in [0.15, 0.2) is 11.3 Å². The van der Waals surface area contributed by atoms with Crippen LogP contribution in [0.25, 0.3) is 11.0 Å². The van der Waals surface area contributed by atoms with Crippen LogP contribution in [-0.4, -0.2) is 10.8 Å². The van der Waals surface area contributed by atoms with Crippen molar-refractivity contribution in [1.29, 1.82) is 0 Å². The van der Waals surface area contributed by atoms with Gasteiger partial charge in [-0.2, -0.15) is 0 Å². The molecular weight excluding hydrogens is 320 g/mol. The van der Waals surface area contributed by atoms with Crippen LogP contribution < -0.4 is 5.32 Å². The van der Waals surface area contributed by atoms with Gasteiger partial charge in [0.2, 0.25) is 0 Å². The zero-order valence-electron chi connectivity index (χ0n) is 12.0. The van der Waals surface area contributed by atoms with Crippen LogP contribution >= 0.6 is 11.6 Å². The molecule has 0 aliphatic heterocycles. The van der Waals surface area contributed by atoms with Gasteiger partial charge in [-0.15, -0.1) is 0 Å². The van der Waals surface area contributed by atoms with Gasteiger partial charge in [0, 0.05) is 28.8 Å². The normalized spacial score (nSPS) is 10.7. The lowest BCUT2D eigenvalue weighted by atomic mass is 10.1. The van der Waals surface area contributed by atoms with Crippen LogP contribution in [-0.2, 0) is 0 Å². The summed E-state index contributed by atoms with van der Waals surface area (Å²) in [7, 11) is 0. The van der Waals surface area contributed by atoms with Gasteiger partial charge in [0.1, 0.15) is 0 Å². The van der Waals surface area contributed by atoms with Crippen LogP contribution in [0, 0.1) is 17.0 Å². The maximum atomic E-state index is 12.4. The number of nitrogens with one attached hydrogen (secondary N) is 1. The number of non-ortho nitro benzene ring substituents is 1.